The molecule has 1 heterocycles. The first-order valence-corrected chi connectivity index (χ1v) is 6.76. The van der Waals surface area contributed by atoms with Crippen LogP contribution in [0.3, 0.4) is 0 Å². The van der Waals surface area contributed by atoms with Gasteiger partial charge >= 0.3 is 5.97 Å². The number of halogens is 1. The highest BCUT2D eigenvalue weighted by molar-refractivity contribution is 6.30. The number of carboxylic acid groups (broad SMARTS) is 1. The van der Waals surface area contributed by atoms with E-state index < -0.39 is 12.1 Å². The molecule has 5 nitrogen and oxygen atoms in total. The summed E-state index contributed by atoms with van der Waals surface area (Å²) in [6, 6.07) is 6.80. The SMILES string of the molecule is CC(Oc1ccc(Cl)cc1)C(=O)N1CC(CC(=O)O)C1. The minimum Gasteiger partial charge on any atom is -0.481 e. The number of hydrogen-bond acceptors (Lipinski definition) is 3. The Labute approximate surface area is 122 Å². The number of carboxylic acids is 1. The van der Waals surface area contributed by atoms with E-state index in [4.69, 9.17) is 21.4 Å². The number of nitrogens with zero attached hydrogens (tertiary/aromatic N) is 1. The highest BCUT2D eigenvalue weighted by Crippen LogP contribution is 2.22. The summed E-state index contributed by atoms with van der Waals surface area (Å²) >= 11 is 5.77. The largest absolute Gasteiger partial charge is 0.481 e. The van der Waals surface area contributed by atoms with Crippen molar-refractivity contribution >= 4 is 23.5 Å². The second-order valence-electron chi connectivity index (χ2n) is 4.92. The zero-order chi connectivity index (χ0) is 14.7. The van der Waals surface area contributed by atoms with Crippen molar-refractivity contribution in [3.05, 3.63) is 29.3 Å². The average Bonchev–Trinajstić information content (AvgIpc) is 2.35. The van der Waals surface area contributed by atoms with Crippen molar-refractivity contribution in [2.45, 2.75) is 19.4 Å². The summed E-state index contributed by atoms with van der Waals surface area (Å²) in [5, 5.41) is 9.27. The fourth-order valence-corrected chi connectivity index (χ4v) is 2.28. The first kappa shape index (κ1) is 14.7. The molecule has 1 atom stereocenters. The Morgan fingerprint density at radius 1 is 1.40 bits per heavy atom. The molecule has 0 aliphatic carbocycles. The van der Waals surface area contributed by atoms with Crippen LogP contribution in [-0.2, 0) is 9.59 Å². The van der Waals surface area contributed by atoms with Crippen molar-refractivity contribution in [3.63, 3.8) is 0 Å². The number of benzene rings is 1. The van der Waals surface area contributed by atoms with Crippen LogP contribution in [0.5, 0.6) is 5.75 Å². The molecule has 1 saturated heterocycles. The molecule has 2 rings (SSSR count). The predicted octanol–water partition coefficient (Wildman–Crippen LogP) is 2.04. The number of carbonyl (C=O) groups is 2. The minimum absolute atomic E-state index is 0.0548. The Hall–Kier alpha value is -1.75. The van der Waals surface area contributed by atoms with Gasteiger partial charge in [0.05, 0.1) is 6.42 Å². The normalized spacial score (nSPS) is 16.4. The lowest BCUT2D eigenvalue weighted by atomic mass is 9.96. The van der Waals surface area contributed by atoms with Gasteiger partial charge in [-0.25, -0.2) is 0 Å². The number of ether oxygens (including phenoxy) is 1. The molecule has 1 fully saturated rings. The summed E-state index contributed by atoms with van der Waals surface area (Å²) in [5.41, 5.74) is 0. The summed E-state index contributed by atoms with van der Waals surface area (Å²) in [6.07, 6.45) is -0.488. The molecule has 1 amide bonds. The van der Waals surface area contributed by atoms with E-state index in [9.17, 15) is 9.59 Å². The molecule has 0 radical (unpaired) electrons. The minimum atomic E-state index is -0.826. The molecule has 108 valence electrons. The van der Waals surface area contributed by atoms with E-state index in [1.54, 1.807) is 36.1 Å². The van der Waals surface area contributed by atoms with E-state index in [0.717, 1.165) is 0 Å². The van der Waals surface area contributed by atoms with E-state index in [1.807, 2.05) is 0 Å². The second kappa shape index (κ2) is 6.13. The van der Waals surface area contributed by atoms with Gasteiger partial charge in [0.2, 0.25) is 0 Å². The first-order valence-electron chi connectivity index (χ1n) is 6.38. The molecule has 1 aliphatic heterocycles. The van der Waals surface area contributed by atoms with Gasteiger partial charge in [0.15, 0.2) is 6.10 Å². The quantitative estimate of drug-likeness (QED) is 0.903. The van der Waals surface area contributed by atoms with Crippen LogP contribution in [0.15, 0.2) is 24.3 Å². The first-order chi connectivity index (χ1) is 9.45. The Kier molecular flexibility index (Phi) is 4.49. The molecule has 0 bridgehead atoms. The number of hydrogen-bond donors (Lipinski definition) is 1. The van der Waals surface area contributed by atoms with Gasteiger partial charge in [-0.2, -0.15) is 0 Å². The lowest BCUT2D eigenvalue weighted by Gasteiger charge is -2.39. The van der Waals surface area contributed by atoms with Crippen molar-refractivity contribution in [2.24, 2.45) is 5.92 Å². The van der Waals surface area contributed by atoms with Gasteiger partial charge in [-0.1, -0.05) is 11.6 Å². The Morgan fingerprint density at radius 3 is 2.55 bits per heavy atom. The summed E-state index contributed by atoms with van der Waals surface area (Å²) in [6.45, 7) is 2.65. The molecule has 1 aromatic carbocycles. The van der Waals surface area contributed by atoms with Crippen LogP contribution in [0.4, 0.5) is 0 Å². The third-order valence-corrected chi connectivity index (χ3v) is 3.46. The summed E-state index contributed by atoms with van der Waals surface area (Å²) < 4.78 is 5.54. The van der Waals surface area contributed by atoms with E-state index in [2.05, 4.69) is 0 Å². The zero-order valence-corrected chi connectivity index (χ0v) is 11.8. The van der Waals surface area contributed by atoms with Gasteiger partial charge in [-0.15, -0.1) is 0 Å². The second-order valence-corrected chi connectivity index (χ2v) is 5.36. The lowest BCUT2D eigenvalue weighted by Crippen LogP contribution is -2.54. The third-order valence-electron chi connectivity index (χ3n) is 3.21. The standard InChI is InChI=1S/C14H16ClNO4/c1-9(20-12-4-2-11(15)3-5-12)14(19)16-7-10(8-16)6-13(17)18/h2-5,9-10H,6-8H2,1H3,(H,17,18). The molecule has 1 N–H and O–H groups in total. The van der Waals surface area contributed by atoms with Crippen molar-refractivity contribution in [3.8, 4) is 5.75 Å². The Morgan fingerprint density at radius 2 is 2.00 bits per heavy atom. The Bertz CT molecular complexity index is 496. The monoisotopic (exact) mass is 297 g/mol. The van der Waals surface area contributed by atoms with E-state index in [-0.39, 0.29) is 18.2 Å². The molecule has 0 spiro atoms. The van der Waals surface area contributed by atoms with E-state index >= 15 is 0 Å². The highest BCUT2D eigenvalue weighted by atomic mass is 35.5. The topological polar surface area (TPSA) is 66.8 Å². The molecular formula is C14H16ClNO4. The maximum atomic E-state index is 12.1. The van der Waals surface area contributed by atoms with Crippen LogP contribution in [0.2, 0.25) is 5.02 Å². The molecule has 6 heteroatoms. The summed E-state index contributed by atoms with van der Waals surface area (Å²) in [4.78, 5) is 24.2. The van der Waals surface area contributed by atoms with Gasteiger partial charge in [0.25, 0.3) is 5.91 Å². The molecule has 1 unspecified atom stereocenters. The van der Waals surface area contributed by atoms with Crippen LogP contribution in [-0.4, -0.2) is 41.1 Å². The van der Waals surface area contributed by atoms with Gasteiger partial charge in [-0.05, 0) is 31.2 Å². The van der Waals surface area contributed by atoms with Crippen molar-refractivity contribution in [2.75, 3.05) is 13.1 Å². The van der Waals surface area contributed by atoms with E-state index in [1.165, 1.54) is 0 Å². The molecule has 1 aromatic rings. The Balaban J connectivity index is 1.81. The fourth-order valence-electron chi connectivity index (χ4n) is 2.15. The number of rotatable bonds is 5. The predicted molar refractivity (Wildman–Crippen MR) is 73.9 cm³/mol. The van der Waals surface area contributed by atoms with Gasteiger partial charge in [0.1, 0.15) is 5.75 Å². The van der Waals surface area contributed by atoms with Crippen LogP contribution in [0.1, 0.15) is 13.3 Å². The van der Waals surface area contributed by atoms with Crippen LogP contribution >= 0.6 is 11.6 Å². The molecule has 1 aliphatic rings. The van der Waals surface area contributed by atoms with Gasteiger partial charge < -0.3 is 14.7 Å². The summed E-state index contributed by atoms with van der Waals surface area (Å²) in [7, 11) is 0. The fraction of sp³-hybridized carbons (Fsp3) is 0.429. The molecular weight excluding hydrogens is 282 g/mol. The third kappa shape index (κ3) is 3.63. The number of carbonyl (C=O) groups excluding carboxylic acids is 1. The van der Waals surface area contributed by atoms with E-state index in [0.29, 0.717) is 23.9 Å². The van der Waals surface area contributed by atoms with Crippen molar-refractivity contribution < 1.29 is 19.4 Å². The van der Waals surface area contributed by atoms with Gasteiger partial charge in [0, 0.05) is 24.0 Å². The molecule has 0 saturated carbocycles. The molecule has 20 heavy (non-hydrogen) atoms. The lowest BCUT2D eigenvalue weighted by molar-refractivity contribution is -0.149. The van der Waals surface area contributed by atoms with Crippen molar-refractivity contribution in [1.82, 2.24) is 4.90 Å². The van der Waals surface area contributed by atoms with Crippen LogP contribution in [0.25, 0.3) is 0 Å². The number of aliphatic carboxylic acids is 1. The maximum absolute atomic E-state index is 12.1. The smallest absolute Gasteiger partial charge is 0.303 e. The zero-order valence-electron chi connectivity index (χ0n) is 11.1. The van der Waals surface area contributed by atoms with Crippen molar-refractivity contribution in [1.29, 1.82) is 0 Å². The molecule has 0 aromatic heterocycles. The van der Waals surface area contributed by atoms with Crippen LogP contribution < -0.4 is 4.74 Å². The average molecular weight is 298 g/mol. The maximum Gasteiger partial charge on any atom is 0.303 e. The van der Waals surface area contributed by atoms with Crippen LogP contribution in [0, 0.1) is 5.92 Å². The summed E-state index contributed by atoms with van der Waals surface area (Å²) in [5.74, 6) is -0.314. The number of amides is 1. The number of likely N-dealkylation sites (tertiary alicyclic amines) is 1. The van der Waals surface area contributed by atoms with Gasteiger partial charge in [-0.3, -0.25) is 9.59 Å². The highest BCUT2D eigenvalue weighted by Gasteiger charge is 2.34.